The number of benzene rings is 2. The molecule has 0 aliphatic rings. The van der Waals surface area contributed by atoms with Crippen molar-refractivity contribution >= 4 is 22.5 Å². The molecule has 1 amide bonds. The number of rotatable bonds is 4. The number of hydrogen-bond acceptors (Lipinski definition) is 4. The van der Waals surface area contributed by atoms with E-state index in [1.807, 2.05) is 32.0 Å². The Labute approximate surface area is 145 Å². The minimum atomic E-state index is -1.38. The smallest absolute Gasteiger partial charge is 0.297 e. The molecule has 0 saturated heterocycles. The molecule has 0 saturated carbocycles. The van der Waals surface area contributed by atoms with E-state index in [1.165, 1.54) is 0 Å². The van der Waals surface area contributed by atoms with Gasteiger partial charge in [0.1, 0.15) is 0 Å². The highest BCUT2D eigenvalue weighted by Crippen LogP contribution is 2.40. The Hall–Kier alpha value is -2.99. The molecule has 0 fully saturated rings. The number of carbonyl (C=O) groups is 1. The Morgan fingerprint density at radius 3 is 2.36 bits per heavy atom. The summed E-state index contributed by atoms with van der Waals surface area (Å²) in [5.74, 6) is -0.839. The van der Waals surface area contributed by atoms with Crippen LogP contribution in [-0.4, -0.2) is 20.7 Å². The highest BCUT2D eigenvalue weighted by molar-refractivity contribution is 5.95. The lowest BCUT2D eigenvalue weighted by atomic mass is 10.1. The van der Waals surface area contributed by atoms with E-state index < -0.39 is 12.0 Å². The van der Waals surface area contributed by atoms with E-state index in [4.69, 9.17) is 0 Å². The Kier molecular flexibility index (Phi) is 4.63. The van der Waals surface area contributed by atoms with E-state index in [0.29, 0.717) is 10.9 Å². The van der Waals surface area contributed by atoms with E-state index in [0.717, 1.165) is 5.52 Å². The third-order valence-corrected chi connectivity index (χ3v) is 3.97. The molecular formula is C19H19N3O3. The van der Waals surface area contributed by atoms with Crippen molar-refractivity contribution in [1.29, 1.82) is 0 Å². The number of para-hydroxylation sites is 1. The van der Waals surface area contributed by atoms with Gasteiger partial charge in [0.25, 0.3) is 5.91 Å². The number of azo groups is 1. The number of aliphatic hydroxyl groups is 1. The molecule has 25 heavy (non-hydrogen) atoms. The molecule has 0 bridgehead atoms. The summed E-state index contributed by atoms with van der Waals surface area (Å²) in [6.45, 7) is 3.88. The fraction of sp³-hybridized carbons (Fsp3) is 0.211. The fourth-order valence-corrected chi connectivity index (χ4v) is 2.79. The lowest BCUT2D eigenvalue weighted by Crippen LogP contribution is -2.08. The average molecular weight is 337 g/mol. The molecule has 3 aromatic rings. The second kappa shape index (κ2) is 6.86. The van der Waals surface area contributed by atoms with Gasteiger partial charge in [-0.15, -0.1) is 10.2 Å². The predicted molar refractivity (Wildman–Crippen MR) is 94.9 cm³/mol. The van der Waals surface area contributed by atoms with Crippen LogP contribution in [0.4, 0.5) is 5.69 Å². The van der Waals surface area contributed by atoms with Gasteiger partial charge in [-0.1, -0.05) is 48.5 Å². The quantitative estimate of drug-likeness (QED) is 0.697. The zero-order valence-electron chi connectivity index (χ0n) is 14.0. The summed E-state index contributed by atoms with van der Waals surface area (Å²) >= 11 is 0. The molecule has 0 spiro atoms. The molecule has 0 aliphatic heterocycles. The van der Waals surface area contributed by atoms with Gasteiger partial charge in [0.2, 0.25) is 5.88 Å². The van der Waals surface area contributed by atoms with Gasteiger partial charge in [0.05, 0.1) is 5.52 Å². The van der Waals surface area contributed by atoms with Gasteiger partial charge in [-0.3, -0.25) is 4.79 Å². The van der Waals surface area contributed by atoms with Crippen molar-refractivity contribution in [2.75, 3.05) is 0 Å². The van der Waals surface area contributed by atoms with Crippen LogP contribution in [0, 0.1) is 0 Å². The van der Waals surface area contributed by atoms with Gasteiger partial charge < -0.3 is 14.8 Å². The molecule has 2 aromatic carbocycles. The summed E-state index contributed by atoms with van der Waals surface area (Å²) in [6.07, 6.45) is -1.38. The van der Waals surface area contributed by atoms with E-state index in [9.17, 15) is 15.0 Å². The molecule has 1 aromatic heterocycles. The van der Waals surface area contributed by atoms with Crippen molar-refractivity contribution < 1.29 is 15.0 Å². The zero-order chi connectivity index (χ0) is 18.0. The van der Waals surface area contributed by atoms with Gasteiger partial charge in [-0.05, 0) is 25.5 Å². The van der Waals surface area contributed by atoms with Crippen LogP contribution >= 0.6 is 0 Å². The van der Waals surface area contributed by atoms with Crippen LogP contribution in [0.15, 0.2) is 64.8 Å². The number of aromatic hydroxyl groups is 1. The number of carbonyl (C=O) groups excluding carboxylic acids is 1. The Balaban J connectivity index is 1.96. The van der Waals surface area contributed by atoms with Gasteiger partial charge in [0, 0.05) is 11.4 Å². The molecule has 1 heterocycles. The van der Waals surface area contributed by atoms with Crippen LogP contribution in [0.2, 0.25) is 0 Å². The third kappa shape index (κ3) is 3.16. The molecule has 128 valence electrons. The maximum absolute atomic E-state index is 12.1. The van der Waals surface area contributed by atoms with Crippen molar-refractivity contribution in [2.45, 2.75) is 26.0 Å². The second-order valence-corrected chi connectivity index (χ2v) is 6.00. The van der Waals surface area contributed by atoms with Gasteiger partial charge in [0.15, 0.2) is 11.8 Å². The number of nitrogens with zero attached hydrogens (tertiary/aromatic N) is 3. The lowest BCUT2D eigenvalue weighted by Gasteiger charge is -2.10. The van der Waals surface area contributed by atoms with Crippen LogP contribution in [0.25, 0.3) is 10.9 Å². The van der Waals surface area contributed by atoms with Crippen molar-refractivity contribution in [3.63, 3.8) is 0 Å². The van der Waals surface area contributed by atoms with Crippen molar-refractivity contribution in [3.8, 4) is 5.88 Å². The fourth-order valence-electron chi connectivity index (χ4n) is 2.79. The highest BCUT2D eigenvalue weighted by atomic mass is 16.3. The summed E-state index contributed by atoms with van der Waals surface area (Å²) in [6, 6.07) is 15.9. The number of amides is 1. The molecule has 6 heteroatoms. The van der Waals surface area contributed by atoms with Crippen LogP contribution in [0.1, 0.15) is 31.6 Å². The average Bonchev–Trinajstić information content (AvgIpc) is 2.91. The highest BCUT2D eigenvalue weighted by Gasteiger charge is 2.20. The third-order valence-electron chi connectivity index (χ3n) is 3.97. The monoisotopic (exact) mass is 337 g/mol. The SMILES string of the molecule is CC(C)n1c(O)c(N=NC(=O)[C@H](O)c2ccccc2)c2ccccc21. The summed E-state index contributed by atoms with van der Waals surface area (Å²) in [7, 11) is 0. The maximum atomic E-state index is 12.1. The molecule has 2 N–H and O–H groups in total. The van der Waals surface area contributed by atoms with Crippen molar-refractivity contribution in [1.82, 2.24) is 4.57 Å². The van der Waals surface area contributed by atoms with Gasteiger partial charge in [-0.25, -0.2) is 0 Å². The largest absolute Gasteiger partial charge is 0.493 e. The minimum Gasteiger partial charge on any atom is -0.493 e. The molecular weight excluding hydrogens is 318 g/mol. The summed E-state index contributed by atoms with van der Waals surface area (Å²) in [4.78, 5) is 12.1. The first-order valence-electron chi connectivity index (χ1n) is 8.01. The molecule has 1 atom stereocenters. The lowest BCUT2D eigenvalue weighted by molar-refractivity contribution is -0.126. The van der Waals surface area contributed by atoms with E-state index >= 15 is 0 Å². The van der Waals surface area contributed by atoms with Crippen LogP contribution in [-0.2, 0) is 4.79 Å². The molecule has 3 rings (SSSR count). The Morgan fingerprint density at radius 2 is 1.68 bits per heavy atom. The van der Waals surface area contributed by atoms with E-state index in [-0.39, 0.29) is 17.6 Å². The number of fused-ring (bicyclic) bond motifs is 1. The number of aliphatic hydroxyl groups excluding tert-OH is 1. The molecule has 0 aliphatic carbocycles. The second-order valence-electron chi connectivity index (χ2n) is 6.00. The Bertz CT molecular complexity index is 930. The normalized spacial score (nSPS) is 13.0. The first-order chi connectivity index (χ1) is 12.0. The standard InChI is InChI=1S/C19H19N3O3/c1-12(2)22-15-11-7-6-10-14(15)16(19(22)25)20-21-18(24)17(23)13-8-4-3-5-9-13/h3-12,17,23,25H,1-2H3/t17-/m1/s1. The van der Waals surface area contributed by atoms with Crippen LogP contribution < -0.4 is 0 Å². The first-order valence-corrected chi connectivity index (χ1v) is 8.01. The van der Waals surface area contributed by atoms with Crippen molar-refractivity contribution in [3.05, 3.63) is 60.2 Å². The summed E-state index contributed by atoms with van der Waals surface area (Å²) in [5, 5.41) is 28.8. The summed E-state index contributed by atoms with van der Waals surface area (Å²) in [5.41, 5.74) is 1.47. The van der Waals surface area contributed by atoms with E-state index in [2.05, 4.69) is 10.2 Å². The van der Waals surface area contributed by atoms with E-state index in [1.54, 1.807) is 41.0 Å². The first kappa shape index (κ1) is 16.9. The number of aromatic nitrogens is 1. The molecule has 0 unspecified atom stereocenters. The Morgan fingerprint density at radius 1 is 1.04 bits per heavy atom. The topological polar surface area (TPSA) is 87.2 Å². The maximum Gasteiger partial charge on any atom is 0.297 e. The summed E-state index contributed by atoms with van der Waals surface area (Å²) < 4.78 is 1.72. The number of hydrogen-bond donors (Lipinski definition) is 2. The predicted octanol–water partition coefficient (Wildman–Crippen LogP) is 4.27. The zero-order valence-corrected chi connectivity index (χ0v) is 14.0. The van der Waals surface area contributed by atoms with Crippen LogP contribution in [0.3, 0.4) is 0 Å². The molecule has 6 nitrogen and oxygen atoms in total. The van der Waals surface area contributed by atoms with Crippen molar-refractivity contribution in [2.24, 2.45) is 10.2 Å². The van der Waals surface area contributed by atoms with Gasteiger partial charge >= 0.3 is 0 Å². The minimum absolute atomic E-state index is 0.0134. The van der Waals surface area contributed by atoms with Crippen LogP contribution in [0.5, 0.6) is 5.88 Å². The van der Waals surface area contributed by atoms with Gasteiger partial charge in [-0.2, -0.15) is 0 Å². The molecule has 0 radical (unpaired) electrons.